The van der Waals surface area contributed by atoms with Crippen molar-refractivity contribution < 1.29 is 22.3 Å². The van der Waals surface area contributed by atoms with Gasteiger partial charge in [0.1, 0.15) is 16.5 Å². The summed E-state index contributed by atoms with van der Waals surface area (Å²) in [5.74, 6) is -2.00. The Kier molecular flexibility index (Phi) is 5.04. The summed E-state index contributed by atoms with van der Waals surface area (Å²) < 4.78 is 52.2. The highest BCUT2D eigenvalue weighted by atomic mass is 32.2. The Bertz CT molecular complexity index is 702. The number of benzene rings is 1. The van der Waals surface area contributed by atoms with Crippen molar-refractivity contribution >= 4 is 21.4 Å². The lowest BCUT2D eigenvalue weighted by Crippen LogP contribution is -2.26. The van der Waals surface area contributed by atoms with Crippen molar-refractivity contribution in [2.24, 2.45) is 0 Å². The molecule has 1 atom stereocenters. The first kappa shape index (κ1) is 16.0. The van der Waals surface area contributed by atoms with Gasteiger partial charge >= 0.3 is 0 Å². The van der Waals surface area contributed by atoms with Gasteiger partial charge in [-0.1, -0.05) is 6.07 Å². The van der Waals surface area contributed by atoms with E-state index in [9.17, 15) is 22.3 Å². The van der Waals surface area contributed by atoms with Crippen LogP contribution in [-0.4, -0.2) is 20.1 Å². The van der Waals surface area contributed by atoms with Crippen molar-refractivity contribution in [3.8, 4) is 0 Å². The summed E-state index contributed by atoms with van der Waals surface area (Å²) in [6.07, 6.45) is -0.631. The van der Waals surface area contributed by atoms with Crippen molar-refractivity contribution in [3.05, 3.63) is 52.2 Å². The van der Waals surface area contributed by atoms with Crippen LogP contribution >= 0.6 is 11.3 Å². The monoisotopic (exact) mass is 333 g/mol. The number of nitrogens with one attached hydrogen (secondary N) is 1. The molecule has 8 heteroatoms. The third-order valence-electron chi connectivity index (χ3n) is 2.76. The van der Waals surface area contributed by atoms with Crippen LogP contribution in [0.25, 0.3) is 0 Å². The molecule has 21 heavy (non-hydrogen) atoms. The zero-order valence-electron chi connectivity index (χ0n) is 10.8. The lowest BCUT2D eigenvalue weighted by atomic mass is 10.2. The van der Waals surface area contributed by atoms with E-state index in [0.717, 1.165) is 17.0 Å². The van der Waals surface area contributed by atoms with Crippen LogP contribution in [0.2, 0.25) is 0 Å². The van der Waals surface area contributed by atoms with Gasteiger partial charge in [-0.3, -0.25) is 0 Å². The molecule has 0 amide bonds. The first-order valence-corrected chi connectivity index (χ1v) is 8.42. The minimum Gasteiger partial charge on any atom is -0.388 e. The summed E-state index contributed by atoms with van der Waals surface area (Å²) in [6, 6.07) is 5.76. The quantitative estimate of drug-likeness (QED) is 0.853. The van der Waals surface area contributed by atoms with Gasteiger partial charge in [-0.05, 0) is 30.0 Å². The summed E-state index contributed by atoms with van der Waals surface area (Å²) in [6.45, 7) is -0.0573. The molecule has 0 fully saturated rings. The molecule has 114 valence electrons. The first-order chi connectivity index (χ1) is 9.90. The number of hydrogen-bond donors (Lipinski definition) is 2. The molecule has 2 N–H and O–H groups in total. The summed E-state index contributed by atoms with van der Waals surface area (Å²) in [5.41, 5.74) is 0. The molecule has 0 saturated carbocycles. The van der Waals surface area contributed by atoms with E-state index < -0.39 is 32.7 Å². The van der Waals surface area contributed by atoms with E-state index in [-0.39, 0.29) is 13.0 Å². The average Bonchev–Trinajstić information content (AvgIpc) is 2.91. The SMILES string of the molecule is O=S(=O)(NCCC(O)c1cccs1)c1ccc(F)cc1F. The Morgan fingerprint density at radius 2 is 2.05 bits per heavy atom. The van der Waals surface area contributed by atoms with Gasteiger partial charge in [0.25, 0.3) is 0 Å². The highest BCUT2D eigenvalue weighted by Gasteiger charge is 2.19. The second-order valence-corrected chi connectivity index (χ2v) is 7.01. The average molecular weight is 333 g/mol. The zero-order chi connectivity index (χ0) is 15.5. The fraction of sp³-hybridized carbons (Fsp3) is 0.231. The number of hydrogen-bond acceptors (Lipinski definition) is 4. The number of rotatable bonds is 6. The molecule has 0 radical (unpaired) electrons. The second-order valence-electron chi connectivity index (χ2n) is 4.29. The molecule has 1 unspecified atom stereocenters. The van der Waals surface area contributed by atoms with E-state index in [4.69, 9.17) is 0 Å². The Hall–Kier alpha value is -1.35. The van der Waals surface area contributed by atoms with Gasteiger partial charge in [-0.2, -0.15) is 0 Å². The zero-order valence-corrected chi connectivity index (χ0v) is 12.4. The number of aliphatic hydroxyl groups is 1. The molecule has 0 bridgehead atoms. The topological polar surface area (TPSA) is 66.4 Å². The van der Waals surface area contributed by atoms with Crippen LogP contribution in [0.1, 0.15) is 17.4 Å². The molecule has 2 aromatic rings. The summed E-state index contributed by atoms with van der Waals surface area (Å²) in [7, 11) is -4.07. The summed E-state index contributed by atoms with van der Waals surface area (Å²) in [5, 5.41) is 11.6. The molecule has 0 aliphatic heterocycles. The van der Waals surface area contributed by atoms with Gasteiger partial charge in [0.2, 0.25) is 10.0 Å². The van der Waals surface area contributed by atoms with Crippen LogP contribution in [0.15, 0.2) is 40.6 Å². The smallest absolute Gasteiger partial charge is 0.243 e. The second kappa shape index (κ2) is 6.61. The fourth-order valence-electron chi connectivity index (χ4n) is 1.72. The highest BCUT2D eigenvalue weighted by Crippen LogP contribution is 2.21. The maximum absolute atomic E-state index is 13.4. The fourth-order valence-corrected chi connectivity index (χ4v) is 3.58. The highest BCUT2D eigenvalue weighted by molar-refractivity contribution is 7.89. The van der Waals surface area contributed by atoms with Crippen molar-refractivity contribution in [2.75, 3.05) is 6.54 Å². The number of thiophene rings is 1. The van der Waals surface area contributed by atoms with Gasteiger partial charge in [-0.25, -0.2) is 21.9 Å². The van der Waals surface area contributed by atoms with Crippen LogP contribution in [0.3, 0.4) is 0 Å². The van der Waals surface area contributed by atoms with Crippen LogP contribution in [0, 0.1) is 11.6 Å². The number of sulfonamides is 1. The van der Waals surface area contributed by atoms with Crippen LogP contribution in [0.4, 0.5) is 8.78 Å². The molecule has 4 nitrogen and oxygen atoms in total. The standard InChI is InChI=1S/C13H13F2NO3S2/c14-9-3-4-13(10(15)8-9)21(18,19)16-6-5-11(17)12-2-1-7-20-12/h1-4,7-8,11,16-17H,5-6H2. The van der Waals surface area contributed by atoms with Crippen molar-refractivity contribution in [2.45, 2.75) is 17.4 Å². The van der Waals surface area contributed by atoms with E-state index in [1.807, 2.05) is 0 Å². The summed E-state index contributed by atoms with van der Waals surface area (Å²) >= 11 is 1.36. The van der Waals surface area contributed by atoms with Gasteiger partial charge in [0, 0.05) is 17.5 Å². The third kappa shape index (κ3) is 4.07. The van der Waals surface area contributed by atoms with Crippen LogP contribution < -0.4 is 4.72 Å². The van der Waals surface area contributed by atoms with Crippen LogP contribution in [-0.2, 0) is 10.0 Å². The van der Waals surface area contributed by atoms with Gasteiger partial charge in [0.05, 0.1) is 6.10 Å². The molecule has 0 saturated heterocycles. The molecule has 1 aromatic heterocycles. The normalized spacial score (nSPS) is 13.3. The third-order valence-corrected chi connectivity index (χ3v) is 5.23. The Balaban J connectivity index is 1.98. The largest absolute Gasteiger partial charge is 0.388 e. The lowest BCUT2D eigenvalue weighted by molar-refractivity contribution is 0.173. The van der Waals surface area contributed by atoms with E-state index in [0.29, 0.717) is 6.07 Å². The van der Waals surface area contributed by atoms with E-state index in [1.165, 1.54) is 11.3 Å². The minimum absolute atomic E-state index is 0.0573. The molecule has 0 spiro atoms. The van der Waals surface area contributed by atoms with Crippen molar-refractivity contribution in [1.29, 1.82) is 0 Å². The molecular weight excluding hydrogens is 320 g/mol. The van der Waals surface area contributed by atoms with Gasteiger partial charge < -0.3 is 5.11 Å². The maximum Gasteiger partial charge on any atom is 0.243 e. The lowest BCUT2D eigenvalue weighted by Gasteiger charge is -2.10. The molecule has 1 heterocycles. The molecule has 1 aromatic carbocycles. The molecular formula is C13H13F2NO3S2. The van der Waals surface area contributed by atoms with Gasteiger partial charge in [-0.15, -0.1) is 11.3 Å². The summed E-state index contributed by atoms with van der Waals surface area (Å²) in [4.78, 5) is 0.108. The van der Waals surface area contributed by atoms with E-state index >= 15 is 0 Å². The first-order valence-electron chi connectivity index (χ1n) is 6.06. The van der Waals surface area contributed by atoms with Crippen LogP contribution in [0.5, 0.6) is 0 Å². The Labute approximate surface area is 125 Å². The van der Waals surface area contributed by atoms with E-state index in [1.54, 1.807) is 17.5 Å². The number of halogens is 2. The molecule has 0 aliphatic carbocycles. The molecule has 2 rings (SSSR count). The Morgan fingerprint density at radius 3 is 2.67 bits per heavy atom. The van der Waals surface area contributed by atoms with Crippen molar-refractivity contribution in [3.63, 3.8) is 0 Å². The number of aliphatic hydroxyl groups excluding tert-OH is 1. The predicted molar refractivity (Wildman–Crippen MR) is 75.4 cm³/mol. The molecule has 0 aliphatic rings. The van der Waals surface area contributed by atoms with Crippen molar-refractivity contribution in [1.82, 2.24) is 4.72 Å². The van der Waals surface area contributed by atoms with E-state index in [2.05, 4.69) is 4.72 Å². The minimum atomic E-state index is -4.07. The predicted octanol–water partition coefficient (Wildman–Crippen LogP) is 2.43. The maximum atomic E-state index is 13.4. The van der Waals surface area contributed by atoms with Gasteiger partial charge in [0.15, 0.2) is 0 Å². The Morgan fingerprint density at radius 1 is 1.29 bits per heavy atom.